The maximum atomic E-state index is 12.6. The Morgan fingerprint density at radius 3 is 2.08 bits per heavy atom. The highest BCUT2D eigenvalue weighted by molar-refractivity contribution is 5.83. The van der Waals surface area contributed by atoms with Crippen molar-refractivity contribution in [2.24, 2.45) is 17.1 Å². The maximum absolute atomic E-state index is 12.6. The van der Waals surface area contributed by atoms with Crippen molar-refractivity contribution >= 4 is 30.3 Å². The van der Waals surface area contributed by atoms with E-state index in [4.69, 9.17) is 29.4 Å². The fourth-order valence-corrected chi connectivity index (χ4v) is 3.67. The third-order valence-electron chi connectivity index (χ3n) is 5.91. The smallest absolute Gasteiger partial charge is 0.497 e. The van der Waals surface area contributed by atoms with Crippen LogP contribution in [0.5, 0.6) is 17.2 Å². The fourth-order valence-electron chi connectivity index (χ4n) is 3.67. The van der Waals surface area contributed by atoms with Crippen molar-refractivity contribution in [2.75, 3.05) is 27.4 Å². The molecule has 0 aliphatic carbocycles. The molecule has 0 radical (unpaired) electrons. The monoisotopic (exact) mass is 556 g/mol. The maximum Gasteiger partial charge on any atom is 0.513 e. The van der Waals surface area contributed by atoms with E-state index in [1.54, 1.807) is 44.6 Å². The minimum absolute atomic E-state index is 0.0112. The van der Waals surface area contributed by atoms with Crippen molar-refractivity contribution in [3.8, 4) is 17.2 Å². The van der Waals surface area contributed by atoms with E-state index in [0.717, 1.165) is 17.5 Å². The molecule has 0 fully saturated rings. The van der Waals surface area contributed by atoms with E-state index in [0.29, 0.717) is 23.7 Å². The number of primary amides is 1. The molecule has 2 atom stereocenters. The molecule has 0 aromatic heterocycles. The molecular weight excluding hydrogens is 516 g/mol. The van der Waals surface area contributed by atoms with Crippen LogP contribution < -0.4 is 25.3 Å². The fraction of sp³-hybridized carbons (Fsp3) is 0.433. The molecule has 2 aromatic carbocycles. The van der Waals surface area contributed by atoms with Crippen molar-refractivity contribution in [3.63, 3.8) is 0 Å². The van der Waals surface area contributed by atoms with Gasteiger partial charge in [0.2, 0.25) is 0 Å². The van der Waals surface area contributed by atoms with E-state index in [-0.39, 0.29) is 24.5 Å². The van der Waals surface area contributed by atoms with Crippen LogP contribution in [0.3, 0.4) is 0 Å². The number of hydrogen-bond acceptors (Lipinski definition) is 8. The van der Waals surface area contributed by atoms with Gasteiger partial charge in [0.15, 0.2) is 6.10 Å². The van der Waals surface area contributed by atoms with Gasteiger partial charge in [0, 0.05) is 12.0 Å². The SMILES string of the molecule is COc1cc(C=Cc2ccc(OC(=O)OCCNC(=O)C(OC(N)=O)C(C)CCC(C)(C)C)cc2)cc(OC)c1. The molecule has 2 aromatic rings. The minimum atomic E-state index is -1.04. The minimum Gasteiger partial charge on any atom is -0.497 e. The zero-order valence-electron chi connectivity index (χ0n) is 24.0. The van der Waals surface area contributed by atoms with Crippen LogP contribution in [-0.4, -0.2) is 51.6 Å². The molecule has 0 spiro atoms. The van der Waals surface area contributed by atoms with Crippen molar-refractivity contribution < 1.29 is 38.1 Å². The Hall–Kier alpha value is -4.21. The normalized spacial score (nSPS) is 12.8. The Morgan fingerprint density at radius 2 is 1.52 bits per heavy atom. The van der Waals surface area contributed by atoms with Gasteiger partial charge in [-0.1, -0.05) is 52.0 Å². The Kier molecular flexibility index (Phi) is 12.3. The molecular formula is C30H40N2O8. The molecule has 0 bridgehead atoms. The lowest BCUT2D eigenvalue weighted by Crippen LogP contribution is -2.44. The van der Waals surface area contributed by atoms with Gasteiger partial charge >= 0.3 is 12.2 Å². The number of carbonyl (C=O) groups excluding carboxylic acids is 3. The van der Waals surface area contributed by atoms with Crippen LogP contribution in [-0.2, 0) is 14.3 Å². The van der Waals surface area contributed by atoms with Crippen LogP contribution in [0.4, 0.5) is 9.59 Å². The number of amides is 2. The first-order chi connectivity index (χ1) is 18.9. The van der Waals surface area contributed by atoms with Gasteiger partial charge in [-0.2, -0.15) is 0 Å². The number of nitrogens with one attached hydrogen (secondary N) is 1. The van der Waals surface area contributed by atoms with E-state index >= 15 is 0 Å². The zero-order chi connectivity index (χ0) is 29.7. The molecule has 10 heteroatoms. The molecule has 0 saturated heterocycles. The summed E-state index contributed by atoms with van der Waals surface area (Å²) in [5.41, 5.74) is 7.01. The number of carbonyl (C=O) groups is 3. The van der Waals surface area contributed by atoms with Gasteiger partial charge in [0.25, 0.3) is 5.91 Å². The van der Waals surface area contributed by atoms with Crippen molar-refractivity contribution in [1.82, 2.24) is 5.32 Å². The summed E-state index contributed by atoms with van der Waals surface area (Å²) in [4.78, 5) is 35.9. The summed E-state index contributed by atoms with van der Waals surface area (Å²) < 4.78 is 25.8. The summed E-state index contributed by atoms with van der Waals surface area (Å²) in [6.45, 7) is 7.98. The van der Waals surface area contributed by atoms with Gasteiger partial charge in [-0.15, -0.1) is 0 Å². The van der Waals surface area contributed by atoms with Gasteiger partial charge in [0.1, 0.15) is 23.9 Å². The molecule has 2 amide bonds. The Balaban J connectivity index is 1.81. The number of methoxy groups -OCH3 is 2. The Bertz CT molecular complexity index is 1130. The predicted octanol–water partition coefficient (Wildman–Crippen LogP) is 5.43. The highest BCUT2D eigenvalue weighted by atomic mass is 16.7. The topological polar surface area (TPSA) is 135 Å². The number of ether oxygens (including phenoxy) is 5. The van der Waals surface area contributed by atoms with Crippen LogP contribution in [0.25, 0.3) is 12.2 Å². The van der Waals surface area contributed by atoms with E-state index in [1.165, 1.54) is 0 Å². The molecule has 3 N–H and O–H groups in total. The first kappa shape index (κ1) is 32.0. The highest BCUT2D eigenvalue weighted by Crippen LogP contribution is 2.26. The summed E-state index contributed by atoms with van der Waals surface area (Å²) in [5.74, 6) is 0.925. The lowest BCUT2D eigenvalue weighted by Gasteiger charge is -2.25. The molecule has 2 rings (SSSR count). The van der Waals surface area contributed by atoms with Gasteiger partial charge in [-0.3, -0.25) is 4.79 Å². The average Bonchev–Trinajstić information content (AvgIpc) is 2.91. The van der Waals surface area contributed by atoms with Crippen LogP contribution in [0.1, 0.15) is 51.7 Å². The molecule has 0 saturated carbocycles. The van der Waals surface area contributed by atoms with Crippen molar-refractivity contribution in [2.45, 2.75) is 46.6 Å². The molecule has 0 aliphatic rings. The molecule has 0 heterocycles. The third-order valence-corrected chi connectivity index (χ3v) is 5.91. The van der Waals surface area contributed by atoms with Crippen LogP contribution in [0.2, 0.25) is 0 Å². The summed E-state index contributed by atoms with van der Waals surface area (Å²) in [6, 6.07) is 12.4. The third kappa shape index (κ3) is 11.7. The number of hydrogen-bond donors (Lipinski definition) is 2. The van der Waals surface area contributed by atoms with Gasteiger partial charge < -0.3 is 34.7 Å². The van der Waals surface area contributed by atoms with E-state index in [9.17, 15) is 14.4 Å². The molecule has 2 unspecified atom stereocenters. The standard InChI is InChI=1S/C30H40N2O8/c1-20(13-14-30(2,3)4)26(40-28(31)34)27(33)32-15-16-38-29(35)39-23-11-9-21(10-12-23)7-8-22-17-24(36-5)19-25(18-22)37-6/h7-12,17-20,26H,13-16H2,1-6H3,(H2,31,34)(H,32,33). The van der Waals surface area contributed by atoms with Gasteiger partial charge in [-0.25, -0.2) is 9.59 Å². The molecule has 0 aliphatic heterocycles. The quantitative estimate of drug-likeness (QED) is 0.144. The van der Waals surface area contributed by atoms with E-state index in [1.807, 2.05) is 31.2 Å². The largest absolute Gasteiger partial charge is 0.513 e. The van der Waals surface area contributed by atoms with E-state index < -0.39 is 24.3 Å². The average molecular weight is 557 g/mol. The summed E-state index contributed by atoms with van der Waals surface area (Å²) >= 11 is 0. The molecule has 10 nitrogen and oxygen atoms in total. The lowest BCUT2D eigenvalue weighted by molar-refractivity contribution is -0.132. The van der Waals surface area contributed by atoms with Gasteiger partial charge in [-0.05, 0) is 53.6 Å². The van der Waals surface area contributed by atoms with Gasteiger partial charge in [0.05, 0.1) is 20.8 Å². The lowest BCUT2D eigenvalue weighted by atomic mass is 9.85. The first-order valence-corrected chi connectivity index (χ1v) is 13.0. The first-order valence-electron chi connectivity index (χ1n) is 13.0. The number of benzene rings is 2. The number of nitrogens with two attached hydrogens (primary N) is 1. The summed E-state index contributed by atoms with van der Waals surface area (Å²) in [6.07, 6.45) is 2.34. The molecule has 218 valence electrons. The second-order valence-electron chi connectivity index (χ2n) is 10.5. The van der Waals surface area contributed by atoms with Crippen LogP contribution >= 0.6 is 0 Å². The molecule has 40 heavy (non-hydrogen) atoms. The number of rotatable bonds is 13. The predicted molar refractivity (Wildman–Crippen MR) is 152 cm³/mol. The van der Waals surface area contributed by atoms with Crippen molar-refractivity contribution in [1.29, 1.82) is 0 Å². The zero-order valence-corrected chi connectivity index (χ0v) is 24.0. The van der Waals surface area contributed by atoms with Crippen molar-refractivity contribution in [3.05, 3.63) is 53.6 Å². The Morgan fingerprint density at radius 1 is 0.925 bits per heavy atom. The summed E-state index contributed by atoms with van der Waals surface area (Å²) in [5, 5.41) is 2.61. The second kappa shape index (κ2) is 15.4. The van der Waals surface area contributed by atoms with Crippen LogP contribution in [0, 0.1) is 11.3 Å². The Labute approximate surface area is 235 Å². The van der Waals surface area contributed by atoms with Crippen LogP contribution in [0.15, 0.2) is 42.5 Å². The van der Waals surface area contributed by atoms with E-state index in [2.05, 4.69) is 26.1 Å². The summed E-state index contributed by atoms with van der Waals surface area (Å²) in [7, 11) is 3.19. The highest BCUT2D eigenvalue weighted by Gasteiger charge is 2.29. The second-order valence-corrected chi connectivity index (χ2v) is 10.5.